The first kappa shape index (κ1) is 9.22. The molecule has 68 valence electrons. The van der Waals surface area contributed by atoms with E-state index in [4.69, 9.17) is 9.62 Å². The van der Waals surface area contributed by atoms with E-state index in [2.05, 4.69) is 4.89 Å². The number of ketones is 1. The van der Waals surface area contributed by atoms with Crippen LogP contribution in [0.25, 0.3) is 0 Å². The van der Waals surface area contributed by atoms with Crippen LogP contribution in [0.5, 0.6) is 0 Å². The number of carbonyl (C=O) groups is 1. The molecule has 0 saturated carbocycles. The van der Waals surface area contributed by atoms with Gasteiger partial charge in [0.1, 0.15) is 12.2 Å². The van der Waals surface area contributed by atoms with Crippen molar-refractivity contribution >= 4 is 5.78 Å². The van der Waals surface area contributed by atoms with Crippen LogP contribution in [0.1, 0.15) is 13.3 Å². The van der Waals surface area contributed by atoms with Crippen molar-refractivity contribution in [2.45, 2.75) is 18.9 Å². The van der Waals surface area contributed by atoms with Gasteiger partial charge in [-0.25, -0.2) is 9.78 Å². The normalized spacial score (nSPS) is 28.7. The third-order valence-electron chi connectivity index (χ3n) is 1.64. The minimum atomic E-state index is -0.582. The van der Waals surface area contributed by atoms with E-state index in [-0.39, 0.29) is 12.4 Å². The van der Waals surface area contributed by atoms with Crippen molar-refractivity contribution in [2.75, 3.05) is 13.7 Å². The number of carbonyl (C=O) groups excluding carboxylic acids is 1. The summed E-state index contributed by atoms with van der Waals surface area (Å²) < 4.78 is 5.23. The predicted octanol–water partition coefficient (Wildman–Crippen LogP) is 0.826. The lowest BCUT2D eigenvalue weighted by Gasteiger charge is -2.29. The molecule has 0 bridgehead atoms. The topological polar surface area (TPSA) is 44.8 Å². The fraction of sp³-hybridized carbons (Fsp3) is 0.625. The Morgan fingerprint density at radius 1 is 1.75 bits per heavy atom. The van der Waals surface area contributed by atoms with E-state index in [1.807, 2.05) is 0 Å². The van der Waals surface area contributed by atoms with Gasteiger partial charge in [-0.05, 0) is 6.92 Å². The number of allylic oxidation sites excluding steroid dienone is 1. The zero-order chi connectivity index (χ0) is 9.03. The van der Waals surface area contributed by atoms with Crippen LogP contribution in [-0.2, 0) is 19.3 Å². The summed E-state index contributed by atoms with van der Waals surface area (Å²) in [5.41, 5.74) is -0.582. The average molecular weight is 172 g/mol. The second kappa shape index (κ2) is 3.69. The lowest BCUT2D eigenvalue weighted by atomic mass is 9.99. The van der Waals surface area contributed by atoms with Crippen LogP contribution < -0.4 is 0 Å². The molecule has 0 amide bonds. The molecule has 1 rings (SSSR count). The van der Waals surface area contributed by atoms with E-state index in [1.165, 1.54) is 19.4 Å². The van der Waals surface area contributed by atoms with Crippen LogP contribution in [0.2, 0.25) is 0 Å². The van der Waals surface area contributed by atoms with Gasteiger partial charge in [-0.1, -0.05) is 0 Å². The molecule has 0 unspecified atom stereocenters. The molecular weight excluding hydrogens is 160 g/mol. The van der Waals surface area contributed by atoms with E-state index in [0.717, 1.165) is 0 Å². The first-order valence-electron chi connectivity index (χ1n) is 3.69. The molecule has 1 heterocycles. The largest absolute Gasteiger partial charge is 0.492 e. The van der Waals surface area contributed by atoms with Crippen molar-refractivity contribution in [3.8, 4) is 0 Å². The second-order valence-electron chi connectivity index (χ2n) is 2.94. The fourth-order valence-electron chi connectivity index (χ4n) is 1.01. The van der Waals surface area contributed by atoms with Crippen LogP contribution in [-0.4, -0.2) is 25.1 Å². The number of ether oxygens (including phenoxy) is 1. The van der Waals surface area contributed by atoms with Crippen molar-refractivity contribution in [1.29, 1.82) is 0 Å². The predicted molar refractivity (Wildman–Crippen MR) is 41.2 cm³/mol. The maximum atomic E-state index is 11.0. The van der Waals surface area contributed by atoms with E-state index >= 15 is 0 Å². The third-order valence-corrected chi connectivity index (χ3v) is 1.64. The first-order valence-corrected chi connectivity index (χ1v) is 3.69. The molecule has 4 heteroatoms. The summed E-state index contributed by atoms with van der Waals surface area (Å²) >= 11 is 0. The Hall–Kier alpha value is -0.870. The number of hydrogen-bond donors (Lipinski definition) is 0. The van der Waals surface area contributed by atoms with Gasteiger partial charge in [-0.2, -0.15) is 0 Å². The van der Waals surface area contributed by atoms with Gasteiger partial charge in [-0.15, -0.1) is 0 Å². The zero-order valence-electron chi connectivity index (χ0n) is 7.20. The molecule has 0 aromatic carbocycles. The van der Waals surface area contributed by atoms with Gasteiger partial charge in [0.05, 0.1) is 19.8 Å². The Morgan fingerprint density at radius 2 is 2.50 bits per heavy atom. The highest BCUT2D eigenvalue weighted by Gasteiger charge is 2.31. The molecule has 12 heavy (non-hydrogen) atoms. The van der Waals surface area contributed by atoms with E-state index < -0.39 is 5.60 Å². The van der Waals surface area contributed by atoms with E-state index in [0.29, 0.717) is 6.42 Å². The summed E-state index contributed by atoms with van der Waals surface area (Å²) in [4.78, 5) is 20.1. The van der Waals surface area contributed by atoms with Gasteiger partial charge >= 0.3 is 0 Å². The molecule has 0 aromatic heterocycles. The summed E-state index contributed by atoms with van der Waals surface area (Å²) in [5, 5.41) is 0. The summed E-state index contributed by atoms with van der Waals surface area (Å²) in [7, 11) is 1.42. The third kappa shape index (κ3) is 2.32. The lowest BCUT2D eigenvalue weighted by Crippen LogP contribution is -2.37. The van der Waals surface area contributed by atoms with Gasteiger partial charge in [0.2, 0.25) is 0 Å². The summed E-state index contributed by atoms with van der Waals surface area (Å²) in [6.45, 7) is 2.05. The van der Waals surface area contributed by atoms with Crippen molar-refractivity contribution in [2.24, 2.45) is 0 Å². The smallest absolute Gasteiger partial charge is 0.162 e. The van der Waals surface area contributed by atoms with Crippen LogP contribution in [0, 0.1) is 0 Å². The molecular formula is C8H12O4. The molecule has 0 fully saturated rings. The van der Waals surface area contributed by atoms with Crippen LogP contribution >= 0.6 is 0 Å². The quantitative estimate of drug-likeness (QED) is 0.467. The molecule has 0 saturated heterocycles. The van der Waals surface area contributed by atoms with Gasteiger partial charge in [0.15, 0.2) is 5.78 Å². The molecule has 0 aromatic rings. The molecule has 0 spiro atoms. The van der Waals surface area contributed by atoms with Gasteiger partial charge in [-0.3, -0.25) is 4.79 Å². The summed E-state index contributed by atoms with van der Waals surface area (Å²) in [6, 6.07) is 0. The van der Waals surface area contributed by atoms with Crippen molar-refractivity contribution in [3.05, 3.63) is 12.3 Å². The molecule has 0 radical (unpaired) electrons. The Kier molecular flexibility index (Phi) is 2.83. The Labute approximate surface area is 71.0 Å². The van der Waals surface area contributed by atoms with Crippen LogP contribution in [0.3, 0.4) is 0 Å². The number of rotatable bonds is 3. The Balaban J connectivity index is 2.48. The van der Waals surface area contributed by atoms with Crippen molar-refractivity contribution < 1.29 is 19.3 Å². The molecule has 1 aliphatic heterocycles. The second-order valence-corrected chi connectivity index (χ2v) is 2.94. The maximum Gasteiger partial charge on any atom is 0.162 e. The van der Waals surface area contributed by atoms with Crippen LogP contribution in [0.4, 0.5) is 0 Å². The highest BCUT2D eigenvalue weighted by atomic mass is 17.2. The van der Waals surface area contributed by atoms with Gasteiger partial charge in [0, 0.05) is 6.08 Å². The zero-order valence-corrected chi connectivity index (χ0v) is 7.20. The fourth-order valence-corrected chi connectivity index (χ4v) is 1.01. The standard InChI is InChI=1S/C8H12O4/c1-8(6-12-10-2)5-7(9)3-4-11-8/h3-4H,5-6H2,1-2H3/t8-/m1/s1. The average Bonchev–Trinajstić information content (AvgIpc) is 2.01. The minimum Gasteiger partial charge on any atom is -0.492 e. The van der Waals surface area contributed by atoms with Crippen molar-refractivity contribution in [3.63, 3.8) is 0 Å². The summed E-state index contributed by atoms with van der Waals surface area (Å²) in [6.07, 6.45) is 3.13. The first-order chi connectivity index (χ1) is 5.66. The summed E-state index contributed by atoms with van der Waals surface area (Å²) in [5.74, 6) is 0.0449. The van der Waals surface area contributed by atoms with Gasteiger partial charge in [0.25, 0.3) is 0 Å². The van der Waals surface area contributed by atoms with Crippen LogP contribution in [0.15, 0.2) is 12.3 Å². The minimum absolute atomic E-state index is 0.0449. The monoisotopic (exact) mass is 172 g/mol. The SMILES string of the molecule is COOC[C@@]1(C)CC(=O)C=CO1. The molecule has 0 aliphatic carbocycles. The lowest BCUT2D eigenvalue weighted by molar-refractivity contribution is -0.296. The molecule has 1 aliphatic rings. The molecule has 1 atom stereocenters. The molecule has 0 N–H and O–H groups in total. The highest BCUT2D eigenvalue weighted by molar-refractivity contribution is 5.90. The maximum absolute atomic E-state index is 11.0. The van der Waals surface area contributed by atoms with E-state index in [9.17, 15) is 4.79 Å². The Bertz CT molecular complexity index is 199. The van der Waals surface area contributed by atoms with E-state index in [1.54, 1.807) is 6.92 Å². The van der Waals surface area contributed by atoms with Crippen molar-refractivity contribution in [1.82, 2.24) is 0 Å². The molecule has 4 nitrogen and oxygen atoms in total. The highest BCUT2D eigenvalue weighted by Crippen LogP contribution is 2.21. The number of hydrogen-bond acceptors (Lipinski definition) is 4. The van der Waals surface area contributed by atoms with Gasteiger partial charge < -0.3 is 4.74 Å². The Morgan fingerprint density at radius 3 is 3.08 bits per heavy atom.